The highest BCUT2D eigenvalue weighted by Crippen LogP contribution is 2.20. The number of nitriles is 2. The number of anilines is 1. The van der Waals surface area contributed by atoms with E-state index in [2.05, 4.69) is 5.32 Å². The van der Waals surface area contributed by atoms with Crippen LogP contribution in [-0.2, 0) is 4.79 Å². The summed E-state index contributed by atoms with van der Waals surface area (Å²) in [6.45, 7) is 3.48. The number of rotatable bonds is 3. The largest absolute Gasteiger partial charge is 0.324 e. The quantitative estimate of drug-likeness (QED) is 0.888. The first kappa shape index (κ1) is 13.7. The lowest BCUT2D eigenvalue weighted by Crippen LogP contribution is -2.26. The molecule has 92 valence electrons. The third kappa shape index (κ3) is 2.83. The van der Waals surface area contributed by atoms with E-state index in [1.807, 2.05) is 6.07 Å². The second kappa shape index (κ2) is 5.79. The Bertz CT molecular complexity index is 540. The van der Waals surface area contributed by atoms with Gasteiger partial charge in [-0.1, -0.05) is 19.9 Å². The fourth-order valence-electron chi connectivity index (χ4n) is 1.46. The van der Waals surface area contributed by atoms with Crippen LogP contribution in [0.2, 0.25) is 0 Å². The maximum absolute atomic E-state index is 13.3. The summed E-state index contributed by atoms with van der Waals surface area (Å²) < 4.78 is 13.3. The minimum atomic E-state index is -0.834. The molecule has 0 aliphatic rings. The predicted octanol–water partition coefficient (Wildman–Crippen LogP) is 2.43. The Morgan fingerprint density at radius 2 is 2.06 bits per heavy atom. The van der Waals surface area contributed by atoms with E-state index in [4.69, 9.17) is 10.5 Å². The van der Waals surface area contributed by atoms with Gasteiger partial charge in [0.2, 0.25) is 5.91 Å². The molecule has 0 fully saturated rings. The van der Waals surface area contributed by atoms with Crippen molar-refractivity contribution in [2.24, 2.45) is 11.8 Å². The molecular weight excluding hydrogens is 233 g/mol. The van der Waals surface area contributed by atoms with Gasteiger partial charge in [-0.3, -0.25) is 4.79 Å². The first-order valence-corrected chi connectivity index (χ1v) is 5.40. The summed E-state index contributed by atoms with van der Waals surface area (Å²) in [5, 5.41) is 20.1. The lowest BCUT2D eigenvalue weighted by molar-refractivity contribution is -0.119. The van der Waals surface area contributed by atoms with Gasteiger partial charge < -0.3 is 5.32 Å². The van der Waals surface area contributed by atoms with Crippen LogP contribution in [0.5, 0.6) is 0 Å². The molecule has 1 atom stereocenters. The molecule has 18 heavy (non-hydrogen) atoms. The molecule has 1 rings (SSSR count). The molecule has 0 saturated heterocycles. The molecule has 0 saturated carbocycles. The van der Waals surface area contributed by atoms with E-state index < -0.39 is 17.6 Å². The zero-order valence-electron chi connectivity index (χ0n) is 10.1. The van der Waals surface area contributed by atoms with Crippen LogP contribution in [-0.4, -0.2) is 5.91 Å². The van der Waals surface area contributed by atoms with Crippen LogP contribution in [0.4, 0.5) is 10.1 Å². The molecule has 4 nitrogen and oxygen atoms in total. The van der Waals surface area contributed by atoms with E-state index in [9.17, 15) is 9.18 Å². The standard InChI is InChI=1S/C13H12FN3O/c1-8(2)9(6-15)13(18)17-12-5-3-4-11(14)10(12)7-16/h3-5,8-9H,1-2H3,(H,17,18). The van der Waals surface area contributed by atoms with Gasteiger partial charge in [-0.05, 0) is 18.1 Å². The molecule has 1 aromatic carbocycles. The summed E-state index contributed by atoms with van der Waals surface area (Å²) in [6, 6.07) is 7.52. The number of amides is 1. The molecule has 0 aliphatic heterocycles. The van der Waals surface area contributed by atoms with Gasteiger partial charge in [0.1, 0.15) is 23.4 Å². The van der Waals surface area contributed by atoms with Crippen molar-refractivity contribution in [1.29, 1.82) is 10.5 Å². The van der Waals surface area contributed by atoms with Crippen molar-refractivity contribution in [3.63, 3.8) is 0 Å². The number of carbonyl (C=O) groups excluding carboxylic acids is 1. The minimum Gasteiger partial charge on any atom is -0.324 e. The van der Waals surface area contributed by atoms with Crippen LogP contribution in [0.1, 0.15) is 19.4 Å². The monoisotopic (exact) mass is 245 g/mol. The summed E-state index contributed by atoms with van der Waals surface area (Å²) in [4.78, 5) is 11.8. The van der Waals surface area contributed by atoms with Crippen molar-refractivity contribution in [2.75, 3.05) is 5.32 Å². The number of nitrogens with one attached hydrogen (secondary N) is 1. The molecule has 0 spiro atoms. The lowest BCUT2D eigenvalue weighted by Gasteiger charge is -2.13. The molecule has 1 N–H and O–H groups in total. The Hall–Kier alpha value is -2.40. The fraction of sp³-hybridized carbons (Fsp3) is 0.308. The number of hydrogen-bond donors (Lipinski definition) is 1. The van der Waals surface area contributed by atoms with E-state index in [0.717, 1.165) is 6.07 Å². The number of hydrogen-bond acceptors (Lipinski definition) is 3. The highest BCUT2D eigenvalue weighted by molar-refractivity contribution is 5.95. The average molecular weight is 245 g/mol. The van der Waals surface area contributed by atoms with Crippen LogP contribution < -0.4 is 5.32 Å². The van der Waals surface area contributed by atoms with Crippen molar-refractivity contribution < 1.29 is 9.18 Å². The highest BCUT2D eigenvalue weighted by atomic mass is 19.1. The lowest BCUT2D eigenvalue weighted by atomic mass is 9.96. The molecular formula is C13H12FN3O. The van der Waals surface area contributed by atoms with E-state index in [0.29, 0.717) is 0 Å². The Kier molecular flexibility index (Phi) is 4.39. The van der Waals surface area contributed by atoms with Gasteiger partial charge in [0, 0.05) is 0 Å². The fourth-order valence-corrected chi connectivity index (χ4v) is 1.46. The summed E-state index contributed by atoms with van der Waals surface area (Å²) in [6.07, 6.45) is 0. The zero-order valence-corrected chi connectivity index (χ0v) is 10.1. The van der Waals surface area contributed by atoms with Crippen LogP contribution in [0, 0.1) is 40.3 Å². The Labute approximate surface area is 105 Å². The minimum absolute atomic E-state index is 0.0865. The summed E-state index contributed by atoms with van der Waals surface area (Å²) in [5.41, 5.74) is -0.144. The smallest absolute Gasteiger partial charge is 0.242 e. The second-order valence-corrected chi connectivity index (χ2v) is 4.11. The molecule has 0 aliphatic carbocycles. The van der Waals surface area contributed by atoms with Crippen LogP contribution in [0.25, 0.3) is 0 Å². The van der Waals surface area contributed by atoms with E-state index >= 15 is 0 Å². The van der Waals surface area contributed by atoms with Crippen molar-refractivity contribution in [2.45, 2.75) is 13.8 Å². The molecule has 1 amide bonds. The second-order valence-electron chi connectivity index (χ2n) is 4.11. The topological polar surface area (TPSA) is 76.7 Å². The van der Waals surface area contributed by atoms with Crippen molar-refractivity contribution in [3.8, 4) is 12.1 Å². The average Bonchev–Trinajstić information content (AvgIpc) is 2.29. The number of carbonyl (C=O) groups is 1. The van der Waals surface area contributed by atoms with Gasteiger partial charge in [-0.2, -0.15) is 10.5 Å². The first-order chi connectivity index (χ1) is 8.51. The third-order valence-electron chi connectivity index (χ3n) is 2.47. The number of benzene rings is 1. The van der Waals surface area contributed by atoms with Crippen LogP contribution >= 0.6 is 0 Å². The molecule has 1 unspecified atom stereocenters. The predicted molar refractivity (Wildman–Crippen MR) is 63.7 cm³/mol. The van der Waals surface area contributed by atoms with Gasteiger partial charge in [0.25, 0.3) is 0 Å². The highest BCUT2D eigenvalue weighted by Gasteiger charge is 2.22. The molecule has 0 aromatic heterocycles. The maximum Gasteiger partial charge on any atom is 0.242 e. The molecule has 0 radical (unpaired) electrons. The molecule has 0 heterocycles. The molecule has 5 heteroatoms. The van der Waals surface area contributed by atoms with Crippen LogP contribution in [0.3, 0.4) is 0 Å². The molecule has 1 aromatic rings. The summed E-state index contributed by atoms with van der Waals surface area (Å²) in [7, 11) is 0. The van der Waals surface area contributed by atoms with Crippen molar-refractivity contribution in [1.82, 2.24) is 0 Å². The van der Waals surface area contributed by atoms with Gasteiger partial charge in [0.15, 0.2) is 0 Å². The SMILES string of the molecule is CC(C)C(C#N)C(=O)Nc1cccc(F)c1C#N. The van der Waals surface area contributed by atoms with Crippen molar-refractivity contribution >= 4 is 11.6 Å². The number of nitrogens with zero attached hydrogens (tertiary/aromatic N) is 2. The van der Waals surface area contributed by atoms with Crippen molar-refractivity contribution in [3.05, 3.63) is 29.6 Å². The van der Waals surface area contributed by atoms with Gasteiger partial charge in [-0.25, -0.2) is 4.39 Å². The van der Waals surface area contributed by atoms with E-state index in [1.54, 1.807) is 19.9 Å². The van der Waals surface area contributed by atoms with E-state index in [1.165, 1.54) is 12.1 Å². The van der Waals surface area contributed by atoms with Gasteiger partial charge in [0.05, 0.1) is 11.8 Å². The summed E-state index contributed by atoms with van der Waals surface area (Å²) >= 11 is 0. The summed E-state index contributed by atoms with van der Waals surface area (Å²) in [5.74, 6) is -2.23. The Balaban J connectivity index is 3.00. The van der Waals surface area contributed by atoms with Crippen LogP contribution in [0.15, 0.2) is 18.2 Å². The first-order valence-electron chi connectivity index (χ1n) is 5.40. The normalized spacial score (nSPS) is 11.4. The zero-order chi connectivity index (χ0) is 13.7. The van der Waals surface area contributed by atoms with Gasteiger partial charge in [-0.15, -0.1) is 0 Å². The Morgan fingerprint density at radius 3 is 2.56 bits per heavy atom. The maximum atomic E-state index is 13.3. The number of halogens is 1. The third-order valence-corrected chi connectivity index (χ3v) is 2.47. The Morgan fingerprint density at radius 1 is 1.39 bits per heavy atom. The van der Waals surface area contributed by atoms with Gasteiger partial charge >= 0.3 is 0 Å². The van der Waals surface area contributed by atoms with E-state index in [-0.39, 0.29) is 17.2 Å². The molecule has 0 bridgehead atoms.